The standard InChI is InChI=1S/C19H19N5O3S/c1-3-24-18(26)15-7-5-4-6-14(15)16(23-24)17(25)21-22-19(28)20-12-8-10-13(27-2)11-9-12/h4-11H,3H2,1-2H3,(H,21,25)(H2,20,22,28). The van der Waals surface area contributed by atoms with Gasteiger partial charge in [-0.3, -0.25) is 20.4 Å². The third-order valence-corrected chi connectivity index (χ3v) is 4.22. The van der Waals surface area contributed by atoms with Gasteiger partial charge in [0.25, 0.3) is 11.5 Å². The van der Waals surface area contributed by atoms with E-state index in [0.717, 1.165) is 11.4 Å². The summed E-state index contributed by atoms with van der Waals surface area (Å²) < 4.78 is 6.36. The molecule has 1 heterocycles. The molecule has 0 bridgehead atoms. The van der Waals surface area contributed by atoms with Gasteiger partial charge in [0.2, 0.25) is 0 Å². The average Bonchev–Trinajstić information content (AvgIpc) is 2.73. The number of nitrogens with one attached hydrogen (secondary N) is 3. The smallest absolute Gasteiger partial charge is 0.290 e. The van der Waals surface area contributed by atoms with Gasteiger partial charge in [-0.15, -0.1) is 0 Å². The first kappa shape index (κ1) is 19.3. The summed E-state index contributed by atoms with van der Waals surface area (Å²) in [6.07, 6.45) is 0. The molecule has 0 radical (unpaired) electrons. The number of amides is 1. The first-order valence-corrected chi connectivity index (χ1v) is 8.95. The molecule has 0 saturated carbocycles. The number of aromatic nitrogens is 2. The molecule has 1 aromatic heterocycles. The number of nitrogens with zero attached hydrogens (tertiary/aromatic N) is 2. The van der Waals surface area contributed by atoms with Gasteiger partial charge in [-0.05, 0) is 49.5 Å². The maximum Gasteiger partial charge on any atom is 0.290 e. The number of ether oxygens (including phenoxy) is 1. The maximum absolute atomic E-state index is 12.6. The van der Waals surface area contributed by atoms with E-state index in [1.54, 1.807) is 62.6 Å². The number of hydrazine groups is 1. The van der Waals surface area contributed by atoms with E-state index in [9.17, 15) is 9.59 Å². The molecule has 2 aromatic carbocycles. The molecule has 0 spiro atoms. The Hall–Kier alpha value is -3.46. The van der Waals surface area contributed by atoms with Crippen molar-refractivity contribution in [3.05, 3.63) is 64.6 Å². The molecule has 3 rings (SSSR count). The summed E-state index contributed by atoms with van der Waals surface area (Å²) in [4.78, 5) is 25.0. The van der Waals surface area contributed by atoms with Crippen molar-refractivity contribution in [2.75, 3.05) is 12.4 Å². The first-order valence-electron chi connectivity index (χ1n) is 8.54. The Balaban J connectivity index is 1.73. The van der Waals surface area contributed by atoms with Gasteiger partial charge in [0.1, 0.15) is 5.75 Å². The highest BCUT2D eigenvalue weighted by atomic mass is 32.1. The Morgan fingerprint density at radius 1 is 1.11 bits per heavy atom. The molecule has 0 aliphatic rings. The van der Waals surface area contributed by atoms with Crippen molar-refractivity contribution in [1.29, 1.82) is 0 Å². The van der Waals surface area contributed by atoms with Crippen LogP contribution < -0.4 is 26.5 Å². The van der Waals surface area contributed by atoms with Gasteiger partial charge in [-0.2, -0.15) is 5.10 Å². The fourth-order valence-electron chi connectivity index (χ4n) is 2.63. The molecular formula is C19H19N5O3S. The average molecular weight is 397 g/mol. The van der Waals surface area contributed by atoms with E-state index in [4.69, 9.17) is 17.0 Å². The molecular weight excluding hydrogens is 378 g/mol. The van der Waals surface area contributed by atoms with E-state index < -0.39 is 5.91 Å². The summed E-state index contributed by atoms with van der Waals surface area (Å²) in [5, 5.41) is 8.23. The Bertz CT molecular complexity index is 1080. The zero-order chi connectivity index (χ0) is 20.1. The van der Waals surface area contributed by atoms with Crippen LogP contribution >= 0.6 is 12.2 Å². The van der Waals surface area contributed by atoms with Crippen LogP contribution in [0.3, 0.4) is 0 Å². The van der Waals surface area contributed by atoms with Crippen molar-refractivity contribution in [2.24, 2.45) is 0 Å². The summed E-state index contributed by atoms with van der Waals surface area (Å²) in [6.45, 7) is 2.14. The summed E-state index contributed by atoms with van der Waals surface area (Å²) in [5.41, 5.74) is 5.78. The van der Waals surface area contributed by atoms with Crippen LogP contribution in [0.2, 0.25) is 0 Å². The van der Waals surface area contributed by atoms with E-state index in [2.05, 4.69) is 21.3 Å². The van der Waals surface area contributed by atoms with Crippen molar-refractivity contribution >= 4 is 39.7 Å². The summed E-state index contributed by atoms with van der Waals surface area (Å²) in [7, 11) is 1.59. The number of hydrogen-bond acceptors (Lipinski definition) is 5. The van der Waals surface area contributed by atoms with Gasteiger partial charge >= 0.3 is 0 Å². The van der Waals surface area contributed by atoms with E-state index >= 15 is 0 Å². The van der Waals surface area contributed by atoms with Crippen LogP contribution in [-0.4, -0.2) is 27.9 Å². The van der Waals surface area contributed by atoms with Crippen LogP contribution in [0.25, 0.3) is 10.8 Å². The highest BCUT2D eigenvalue weighted by Crippen LogP contribution is 2.15. The summed E-state index contributed by atoms with van der Waals surface area (Å²) >= 11 is 5.19. The number of rotatable bonds is 4. The fraction of sp³-hybridized carbons (Fsp3) is 0.158. The third kappa shape index (κ3) is 4.09. The van der Waals surface area contributed by atoms with E-state index in [0.29, 0.717) is 17.3 Å². The molecule has 28 heavy (non-hydrogen) atoms. The second kappa shape index (κ2) is 8.49. The highest BCUT2D eigenvalue weighted by Gasteiger charge is 2.16. The van der Waals surface area contributed by atoms with Gasteiger partial charge in [0, 0.05) is 17.6 Å². The fourth-order valence-corrected chi connectivity index (χ4v) is 2.80. The predicted molar refractivity (Wildman–Crippen MR) is 111 cm³/mol. The van der Waals surface area contributed by atoms with Crippen LogP contribution in [0.5, 0.6) is 5.75 Å². The van der Waals surface area contributed by atoms with Gasteiger partial charge in [-0.1, -0.05) is 18.2 Å². The predicted octanol–water partition coefficient (Wildman–Crippen LogP) is 2.06. The number of methoxy groups -OCH3 is 1. The number of fused-ring (bicyclic) bond motifs is 1. The lowest BCUT2D eigenvalue weighted by molar-refractivity contribution is 0.0938. The van der Waals surface area contributed by atoms with Gasteiger partial charge < -0.3 is 10.1 Å². The molecule has 3 N–H and O–H groups in total. The van der Waals surface area contributed by atoms with Crippen LogP contribution in [0.15, 0.2) is 53.3 Å². The zero-order valence-corrected chi connectivity index (χ0v) is 16.2. The number of benzene rings is 2. The van der Waals surface area contributed by atoms with E-state index in [1.807, 2.05) is 0 Å². The van der Waals surface area contributed by atoms with Crippen molar-refractivity contribution in [1.82, 2.24) is 20.6 Å². The number of aryl methyl sites for hydroxylation is 1. The van der Waals surface area contributed by atoms with Gasteiger partial charge in [0.15, 0.2) is 10.8 Å². The monoisotopic (exact) mass is 397 g/mol. The van der Waals surface area contributed by atoms with Gasteiger partial charge in [0.05, 0.1) is 12.5 Å². The van der Waals surface area contributed by atoms with Crippen molar-refractivity contribution in [3.63, 3.8) is 0 Å². The molecule has 9 heteroatoms. The Morgan fingerprint density at radius 3 is 2.43 bits per heavy atom. The molecule has 1 amide bonds. The normalized spacial score (nSPS) is 10.4. The molecule has 0 aliphatic carbocycles. The molecule has 0 aliphatic heterocycles. The third-order valence-electron chi connectivity index (χ3n) is 4.02. The minimum absolute atomic E-state index is 0.136. The van der Waals surface area contributed by atoms with Crippen LogP contribution in [0.4, 0.5) is 5.69 Å². The zero-order valence-electron chi connectivity index (χ0n) is 15.4. The molecule has 0 saturated heterocycles. The summed E-state index contributed by atoms with van der Waals surface area (Å²) in [6, 6.07) is 14.0. The highest BCUT2D eigenvalue weighted by molar-refractivity contribution is 7.80. The minimum Gasteiger partial charge on any atom is -0.497 e. The van der Waals surface area contributed by atoms with Crippen LogP contribution in [-0.2, 0) is 6.54 Å². The molecule has 8 nitrogen and oxygen atoms in total. The number of anilines is 1. The van der Waals surface area contributed by atoms with Crippen LogP contribution in [0, 0.1) is 0 Å². The number of carbonyl (C=O) groups excluding carboxylic acids is 1. The topological polar surface area (TPSA) is 97.3 Å². The first-order chi connectivity index (χ1) is 13.5. The number of thiocarbonyl (C=S) groups is 1. The lowest BCUT2D eigenvalue weighted by Gasteiger charge is -2.13. The Morgan fingerprint density at radius 2 is 1.79 bits per heavy atom. The molecule has 144 valence electrons. The number of hydrogen-bond donors (Lipinski definition) is 3. The summed E-state index contributed by atoms with van der Waals surface area (Å²) in [5.74, 6) is 0.221. The second-order valence-electron chi connectivity index (χ2n) is 5.78. The largest absolute Gasteiger partial charge is 0.497 e. The van der Waals surface area contributed by atoms with Gasteiger partial charge in [-0.25, -0.2) is 4.68 Å². The second-order valence-corrected chi connectivity index (χ2v) is 6.19. The minimum atomic E-state index is -0.503. The van der Waals surface area contributed by atoms with Crippen molar-refractivity contribution in [2.45, 2.75) is 13.5 Å². The van der Waals surface area contributed by atoms with E-state index in [1.165, 1.54) is 4.68 Å². The molecule has 0 atom stereocenters. The SMILES string of the molecule is CCn1nc(C(=O)NNC(=S)Nc2ccc(OC)cc2)c2ccccc2c1=O. The molecule has 3 aromatic rings. The maximum atomic E-state index is 12.6. The van der Waals surface area contributed by atoms with Crippen LogP contribution in [0.1, 0.15) is 17.4 Å². The Labute approximate surface area is 166 Å². The number of carbonyl (C=O) groups is 1. The molecule has 0 fully saturated rings. The van der Waals surface area contributed by atoms with E-state index in [-0.39, 0.29) is 16.4 Å². The molecule has 0 unspecified atom stereocenters. The van der Waals surface area contributed by atoms with Crippen molar-refractivity contribution in [3.8, 4) is 5.75 Å². The lowest BCUT2D eigenvalue weighted by Crippen LogP contribution is -2.44. The lowest BCUT2D eigenvalue weighted by atomic mass is 10.1. The Kier molecular flexibility index (Phi) is 5.85. The van der Waals surface area contributed by atoms with Crippen molar-refractivity contribution < 1.29 is 9.53 Å². The quantitative estimate of drug-likeness (QED) is 0.458.